The summed E-state index contributed by atoms with van der Waals surface area (Å²) in [6.07, 6.45) is 1.18. The van der Waals surface area contributed by atoms with Gasteiger partial charge in [-0.3, -0.25) is 14.4 Å². The Kier molecular flexibility index (Phi) is 3.37. The number of furan rings is 1. The van der Waals surface area contributed by atoms with Crippen LogP contribution >= 0.6 is 11.6 Å². The summed E-state index contributed by atoms with van der Waals surface area (Å²) in [6.45, 7) is 1.57. The van der Waals surface area contributed by atoms with Crippen molar-refractivity contribution in [2.45, 2.75) is 6.92 Å². The Bertz CT molecular complexity index is 859. The number of benzene rings is 1. The number of carbonyl (C=O) groups excluding carboxylic acids is 3. The van der Waals surface area contributed by atoms with Gasteiger partial charge in [-0.05, 0) is 42.2 Å². The summed E-state index contributed by atoms with van der Waals surface area (Å²) in [6, 6.07) is 6.21. The number of rotatable bonds is 2. The molecule has 1 aliphatic rings. The predicted molar refractivity (Wildman–Crippen MR) is 81.3 cm³/mol. The van der Waals surface area contributed by atoms with E-state index in [0.29, 0.717) is 16.2 Å². The molecule has 0 unspecified atom stereocenters. The minimum atomic E-state index is -0.829. The Morgan fingerprint density at radius 2 is 1.77 bits per heavy atom. The molecule has 3 rings (SSSR count). The van der Waals surface area contributed by atoms with Crippen molar-refractivity contribution in [3.8, 4) is 0 Å². The molecule has 0 saturated heterocycles. The van der Waals surface area contributed by atoms with Gasteiger partial charge >= 0.3 is 0 Å². The maximum atomic E-state index is 12.5. The molecule has 4 nitrogen and oxygen atoms in total. The molecule has 0 bridgehead atoms. The Balaban J connectivity index is 2.14. The SMILES string of the molecule is [B]C1=C(C)c2occ(C(=O)c3ccc(Cl)cc3)c2C(=O)C1=O. The molecule has 2 radical (unpaired) electrons. The van der Waals surface area contributed by atoms with E-state index in [1.165, 1.54) is 18.4 Å². The van der Waals surface area contributed by atoms with Crippen LogP contribution in [0.25, 0.3) is 5.57 Å². The number of carbonyl (C=O) groups is 3. The van der Waals surface area contributed by atoms with Crippen LogP contribution in [-0.2, 0) is 4.79 Å². The normalized spacial score (nSPS) is 14.3. The van der Waals surface area contributed by atoms with E-state index in [2.05, 4.69) is 0 Å². The fourth-order valence-corrected chi connectivity index (χ4v) is 2.44. The molecule has 0 atom stereocenters. The lowest BCUT2D eigenvalue weighted by molar-refractivity contribution is -0.111. The van der Waals surface area contributed by atoms with Gasteiger partial charge in [-0.1, -0.05) is 11.6 Å². The topological polar surface area (TPSA) is 64.3 Å². The van der Waals surface area contributed by atoms with Crippen molar-refractivity contribution >= 4 is 42.4 Å². The molecule has 22 heavy (non-hydrogen) atoms. The van der Waals surface area contributed by atoms with Gasteiger partial charge in [-0.25, -0.2) is 0 Å². The van der Waals surface area contributed by atoms with Crippen LogP contribution in [-0.4, -0.2) is 25.2 Å². The van der Waals surface area contributed by atoms with Gasteiger partial charge in [0.15, 0.2) is 5.78 Å². The first-order chi connectivity index (χ1) is 10.4. The zero-order chi connectivity index (χ0) is 16.0. The van der Waals surface area contributed by atoms with Gasteiger partial charge in [0.2, 0.25) is 11.6 Å². The molecular weight excluding hydrogens is 302 g/mol. The summed E-state index contributed by atoms with van der Waals surface area (Å²) >= 11 is 5.79. The first-order valence-corrected chi connectivity index (χ1v) is 6.77. The van der Waals surface area contributed by atoms with Crippen molar-refractivity contribution in [1.82, 2.24) is 0 Å². The summed E-state index contributed by atoms with van der Waals surface area (Å²) < 4.78 is 5.30. The zero-order valence-electron chi connectivity index (χ0n) is 11.5. The molecule has 1 aromatic heterocycles. The van der Waals surface area contributed by atoms with Crippen molar-refractivity contribution in [2.24, 2.45) is 0 Å². The second kappa shape index (κ2) is 5.11. The van der Waals surface area contributed by atoms with E-state index in [1.807, 2.05) is 0 Å². The highest BCUT2D eigenvalue weighted by atomic mass is 35.5. The average molecular weight is 311 g/mol. The molecule has 6 heteroatoms. The summed E-state index contributed by atoms with van der Waals surface area (Å²) in [5.41, 5.74) is 0.555. The summed E-state index contributed by atoms with van der Waals surface area (Å²) in [7, 11) is 5.59. The lowest BCUT2D eigenvalue weighted by Gasteiger charge is -2.13. The molecule has 0 aliphatic heterocycles. The Morgan fingerprint density at radius 1 is 1.14 bits per heavy atom. The summed E-state index contributed by atoms with van der Waals surface area (Å²) in [4.78, 5) is 36.5. The Hall–Kier alpha value is -2.40. The van der Waals surface area contributed by atoms with Crippen LogP contribution in [0.15, 0.2) is 40.4 Å². The van der Waals surface area contributed by atoms with Crippen LogP contribution in [0.4, 0.5) is 0 Å². The summed E-state index contributed by atoms with van der Waals surface area (Å²) in [5.74, 6) is -1.91. The number of hydrogen-bond donors (Lipinski definition) is 0. The average Bonchev–Trinajstić information content (AvgIpc) is 2.96. The van der Waals surface area contributed by atoms with Crippen molar-refractivity contribution in [3.63, 3.8) is 0 Å². The van der Waals surface area contributed by atoms with Crippen LogP contribution in [0.1, 0.15) is 39.0 Å². The lowest BCUT2D eigenvalue weighted by atomic mass is 9.77. The van der Waals surface area contributed by atoms with E-state index in [9.17, 15) is 14.4 Å². The minimum Gasteiger partial charge on any atom is -0.463 e. The van der Waals surface area contributed by atoms with Gasteiger partial charge < -0.3 is 4.42 Å². The molecule has 0 fully saturated rings. The Labute approximate surface area is 132 Å². The molecule has 2 aromatic rings. The van der Waals surface area contributed by atoms with Gasteiger partial charge in [0.05, 0.1) is 11.1 Å². The number of fused-ring (bicyclic) bond motifs is 1. The first-order valence-electron chi connectivity index (χ1n) is 6.39. The first kappa shape index (κ1) is 14.5. The van der Waals surface area contributed by atoms with E-state index < -0.39 is 17.3 Å². The Morgan fingerprint density at radius 3 is 2.41 bits per heavy atom. The third-order valence-corrected chi connectivity index (χ3v) is 3.82. The van der Waals surface area contributed by atoms with Crippen LogP contribution in [0.2, 0.25) is 5.02 Å². The fraction of sp³-hybridized carbons (Fsp3) is 0.0625. The van der Waals surface area contributed by atoms with Gasteiger partial charge in [0.1, 0.15) is 19.9 Å². The highest BCUT2D eigenvalue weighted by Gasteiger charge is 2.35. The van der Waals surface area contributed by atoms with Gasteiger partial charge in [0, 0.05) is 10.6 Å². The smallest absolute Gasteiger partial charge is 0.236 e. The second-order valence-electron chi connectivity index (χ2n) is 4.89. The molecule has 106 valence electrons. The third-order valence-electron chi connectivity index (χ3n) is 3.56. The minimum absolute atomic E-state index is 0.0309. The van der Waals surface area contributed by atoms with E-state index >= 15 is 0 Å². The molecule has 1 aromatic carbocycles. The van der Waals surface area contributed by atoms with Crippen molar-refractivity contribution in [2.75, 3.05) is 0 Å². The van der Waals surface area contributed by atoms with Gasteiger partial charge in [0.25, 0.3) is 0 Å². The van der Waals surface area contributed by atoms with E-state index in [1.54, 1.807) is 19.1 Å². The molecule has 0 amide bonds. The molecular formula is C16H8BClO4. The predicted octanol–water partition coefficient (Wildman–Crippen LogP) is 2.83. The van der Waals surface area contributed by atoms with Gasteiger partial charge in [-0.2, -0.15) is 0 Å². The highest BCUT2D eigenvalue weighted by Crippen LogP contribution is 2.32. The van der Waals surface area contributed by atoms with Crippen molar-refractivity contribution < 1.29 is 18.8 Å². The quantitative estimate of drug-likeness (QED) is 0.486. The number of Topliss-reactive ketones (excluding diaryl/α,β-unsaturated/α-hetero) is 2. The van der Waals surface area contributed by atoms with Gasteiger partial charge in [-0.15, -0.1) is 0 Å². The third kappa shape index (κ3) is 2.05. The molecule has 1 aliphatic carbocycles. The fourth-order valence-electron chi connectivity index (χ4n) is 2.31. The van der Waals surface area contributed by atoms with Crippen molar-refractivity contribution in [3.05, 3.63) is 63.5 Å². The van der Waals surface area contributed by atoms with E-state index in [-0.39, 0.29) is 22.4 Å². The molecule has 0 saturated carbocycles. The van der Waals surface area contributed by atoms with Crippen LogP contribution in [0.5, 0.6) is 0 Å². The number of ketones is 3. The standard InChI is InChI=1S/C16H8BClO4/c1-7-12(17)15(21)14(20)11-10(6-22-16(7)11)13(19)8-2-4-9(18)5-3-8/h2-6H,1H3. The molecule has 0 spiro atoms. The van der Waals surface area contributed by atoms with E-state index in [0.717, 1.165) is 0 Å². The zero-order valence-corrected chi connectivity index (χ0v) is 12.2. The number of halogens is 1. The van der Waals surface area contributed by atoms with Crippen LogP contribution in [0.3, 0.4) is 0 Å². The van der Waals surface area contributed by atoms with Crippen molar-refractivity contribution in [1.29, 1.82) is 0 Å². The number of allylic oxidation sites excluding steroid dienone is 2. The summed E-state index contributed by atoms with van der Waals surface area (Å²) in [5, 5.41) is 0.489. The largest absolute Gasteiger partial charge is 0.463 e. The van der Waals surface area contributed by atoms with Crippen LogP contribution < -0.4 is 0 Å². The maximum absolute atomic E-state index is 12.5. The van der Waals surface area contributed by atoms with Crippen LogP contribution in [0, 0.1) is 0 Å². The second-order valence-corrected chi connectivity index (χ2v) is 5.32. The molecule has 1 heterocycles. The molecule has 0 N–H and O–H groups in total. The van der Waals surface area contributed by atoms with E-state index in [4.69, 9.17) is 23.9 Å². The monoisotopic (exact) mass is 310 g/mol. The maximum Gasteiger partial charge on any atom is 0.236 e. The lowest BCUT2D eigenvalue weighted by Crippen LogP contribution is -2.24. The highest BCUT2D eigenvalue weighted by molar-refractivity contribution is 6.62. The number of hydrogen-bond acceptors (Lipinski definition) is 4.